The molecule has 0 saturated heterocycles. The van der Waals surface area contributed by atoms with Gasteiger partial charge in [0.25, 0.3) is 11.5 Å². The van der Waals surface area contributed by atoms with E-state index in [0.717, 1.165) is 0 Å². The van der Waals surface area contributed by atoms with Gasteiger partial charge in [-0.25, -0.2) is 0 Å². The van der Waals surface area contributed by atoms with Crippen molar-refractivity contribution in [1.29, 1.82) is 0 Å². The summed E-state index contributed by atoms with van der Waals surface area (Å²) in [5, 5.41) is 16.1. The Balaban J connectivity index is 2.98. The molecule has 12 heteroatoms. The lowest BCUT2D eigenvalue weighted by molar-refractivity contribution is -0.167. The first-order valence-electron chi connectivity index (χ1n) is 4.96. The van der Waals surface area contributed by atoms with Crippen LogP contribution in [0.3, 0.4) is 0 Å². The van der Waals surface area contributed by atoms with Crippen molar-refractivity contribution in [3.05, 3.63) is 16.0 Å². The zero-order valence-corrected chi connectivity index (χ0v) is 9.64. The predicted octanol–water partition coefficient (Wildman–Crippen LogP) is -1.13. The Bertz CT molecular complexity index is 597. The lowest BCUT2D eigenvalue weighted by atomic mass is 10.2. The Morgan fingerprint density at radius 2 is 1.95 bits per heavy atom. The van der Waals surface area contributed by atoms with Crippen LogP contribution in [0.1, 0.15) is 12.1 Å². The van der Waals surface area contributed by atoms with Crippen molar-refractivity contribution in [3.8, 4) is 0 Å². The van der Waals surface area contributed by atoms with Crippen LogP contribution in [-0.2, 0) is 16.0 Å². The highest BCUT2D eigenvalue weighted by Gasteiger charge is 2.39. The normalized spacial score (nSPS) is 11.2. The zero-order chi connectivity index (χ0) is 15.5. The van der Waals surface area contributed by atoms with Crippen LogP contribution in [0.25, 0.3) is 0 Å². The molecular weight excluding hydrogens is 287 g/mol. The lowest BCUT2D eigenvalue weighted by Gasteiger charge is -2.10. The molecule has 0 spiro atoms. The summed E-state index contributed by atoms with van der Waals surface area (Å²) in [4.78, 5) is 32.5. The minimum atomic E-state index is -5.18. The Kier molecular flexibility index (Phi) is 4.27. The van der Waals surface area contributed by atoms with Crippen LogP contribution in [0, 0.1) is 0 Å². The number of halogens is 3. The summed E-state index contributed by atoms with van der Waals surface area (Å²) >= 11 is 0. The van der Waals surface area contributed by atoms with Gasteiger partial charge < -0.3 is 10.9 Å². The number of anilines is 1. The average molecular weight is 295 g/mol. The third kappa shape index (κ3) is 3.66. The maximum absolute atomic E-state index is 12.0. The summed E-state index contributed by atoms with van der Waals surface area (Å²) in [6.07, 6.45) is -5.91. The summed E-state index contributed by atoms with van der Waals surface area (Å²) in [5.41, 5.74) is -1.40. The number of alkyl halides is 3. The zero-order valence-electron chi connectivity index (χ0n) is 9.64. The quantitative estimate of drug-likeness (QED) is 0.597. The van der Waals surface area contributed by atoms with E-state index in [-0.39, 0.29) is 16.8 Å². The van der Waals surface area contributed by atoms with Gasteiger partial charge in [-0.05, 0) is 0 Å². The van der Waals surface area contributed by atoms with Crippen LogP contribution in [0.5, 0.6) is 0 Å². The Labute approximate surface area is 108 Å². The number of aliphatic carboxylic acids is 1. The van der Waals surface area contributed by atoms with Crippen LogP contribution in [0.15, 0.2) is 4.79 Å². The second kappa shape index (κ2) is 5.54. The smallest absolute Gasteiger partial charge is 0.471 e. The number of nitrogens with one attached hydrogen (secondary N) is 1. The number of aryl methyl sites for hydroxylation is 1. The van der Waals surface area contributed by atoms with Gasteiger partial charge in [-0.3, -0.25) is 19.7 Å². The number of rotatable bonds is 4. The molecule has 0 aliphatic carbocycles. The van der Waals surface area contributed by atoms with Crippen molar-refractivity contribution in [2.24, 2.45) is 0 Å². The molecule has 1 heterocycles. The maximum Gasteiger partial charge on any atom is 0.471 e. The standard InChI is InChI=1S/C8H8F3N5O4/c9-8(10,11)6(20)13-7-15-14-3(1-2-4(17)18)5(19)16(7)12/h1-2,12H2,(H,17,18)(H,13,15,20). The van der Waals surface area contributed by atoms with Gasteiger partial charge in [-0.2, -0.15) is 17.8 Å². The number of nitrogens with two attached hydrogens (primary N) is 1. The molecule has 0 atom stereocenters. The molecule has 0 aromatic carbocycles. The molecule has 0 radical (unpaired) electrons. The molecule has 0 aliphatic heterocycles. The van der Waals surface area contributed by atoms with E-state index in [9.17, 15) is 27.6 Å². The number of carboxylic acids is 1. The summed E-state index contributed by atoms with van der Waals surface area (Å²) in [7, 11) is 0. The van der Waals surface area contributed by atoms with Gasteiger partial charge in [0, 0.05) is 6.42 Å². The number of carbonyl (C=O) groups excluding carboxylic acids is 1. The third-order valence-electron chi connectivity index (χ3n) is 2.02. The first kappa shape index (κ1) is 15.4. The van der Waals surface area contributed by atoms with Gasteiger partial charge in [-0.15, -0.1) is 10.2 Å². The summed E-state index contributed by atoms with van der Waals surface area (Å²) in [6, 6.07) is 0. The molecule has 1 rings (SSSR count). The summed E-state index contributed by atoms with van der Waals surface area (Å²) < 4.78 is 36.2. The van der Waals surface area contributed by atoms with E-state index >= 15 is 0 Å². The van der Waals surface area contributed by atoms with Crippen molar-refractivity contribution in [2.45, 2.75) is 19.0 Å². The molecule has 0 unspecified atom stereocenters. The number of nitrogens with zero attached hydrogens (tertiary/aromatic N) is 3. The Morgan fingerprint density at radius 1 is 1.35 bits per heavy atom. The highest BCUT2D eigenvalue weighted by Crippen LogP contribution is 2.16. The molecule has 1 aromatic heterocycles. The molecule has 110 valence electrons. The van der Waals surface area contributed by atoms with E-state index in [1.54, 1.807) is 0 Å². The molecule has 0 fully saturated rings. The number of aromatic nitrogens is 3. The first-order valence-corrected chi connectivity index (χ1v) is 4.96. The highest BCUT2D eigenvalue weighted by atomic mass is 19.4. The van der Waals surface area contributed by atoms with Gasteiger partial charge in [0.05, 0.1) is 6.42 Å². The van der Waals surface area contributed by atoms with E-state index < -0.39 is 36.0 Å². The Hall–Kier alpha value is -2.66. The van der Waals surface area contributed by atoms with Gasteiger partial charge in [0.1, 0.15) is 5.69 Å². The predicted molar refractivity (Wildman–Crippen MR) is 57.1 cm³/mol. The van der Waals surface area contributed by atoms with Crippen LogP contribution < -0.4 is 16.7 Å². The molecular formula is C8H8F3N5O4. The number of hydrogen-bond donors (Lipinski definition) is 3. The second-order valence-corrected chi connectivity index (χ2v) is 3.49. The Morgan fingerprint density at radius 3 is 2.45 bits per heavy atom. The molecule has 0 saturated carbocycles. The maximum atomic E-state index is 12.0. The van der Waals surface area contributed by atoms with Gasteiger partial charge in [0.2, 0.25) is 0 Å². The van der Waals surface area contributed by atoms with E-state index in [2.05, 4.69) is 10.2 Å². The third-order valence-corrected chi connectivity index (χ3v) is 2.02. The minimum absolute atomic E-state index is 0.147. The first-order chi connectivity index (χ1) is 9.12. The van der Waals surface area contributed by atoms with Gasteiger partial charge in [0.15, 0.2) is 0 Å². The lowest BCUT2D eigenvalue weighted by Crippen LogP contribution is -2.38. The van der Waals surface area contributed by atoms with Crippen molar-refractivity contribution < 1.29 is 27.9 Å². The SMILES string of the molecule is Nn1c(NC(=O)C(F)(F)F)nnc(CCC(=O)O)c1=O. The fourth-order valence-corrected chi connectivity index (χ4v) is 1.07. The fourth-order valence-electron chi connectivity index (χ4n) is 1.07. The summed E-state index contributed by atoms with van der Waals surface area (Å²) in [5.74, 6) is 0.671. The van der Waals surface area contributed by atoms with Crippen LogP contribution in [0.4, 0.5) is 19.1 Å². The van der Waals surface area contributed by atoms with Crippen molar-refractivity contribution in [3.63, 3.8) is 0 Å². The van der Waals surface area contributed by atoms with E-state index in [1.807, 2.05) is 0 Å². The monoisotopic (exact) mass is 295 g/mol. The number of amides is 1. The van der Waals surface area contributed by atoms with Gasteiger partial charge in [-0.1, -0.05) is 0 Å². The molecule has 0 aliphatic rings. The van der Waals surface area contributed by atoms with Crippen LogP contribution >= 0.6 is 0 Å². The fraction of sp³-hybridized carbons (Fsp3) is 0.375. The molecule has 20 heavy (non-hydrogen) atoms. The largest absolute Gasteiger partial charge is 0.481 e. The summed E-state index contributed by atoms with van der Waals surface area (Å²) in [6.45, 7) is 0. The number of hydrogen-bond acceptors (Lipinski definition) is 6. The molecule has 9 nitrogen and oxygen atoms in total. The van der Waals surface area contributed by atoms with Gasteiger partial charge >= 0.3 is 18.1 Å². The van der Waals surface area contributed by atoms with E-state index in [0.29, 0.717) is 0 Å². The van der Waals surface area contributed by atoms with Crippen molar-refractivity contribution in [1.82, 2.24) is 14.9 Å². The topological polar surface area (TPSA) is 140 Å². The van der Waals surface area contributed by atoms with Crippen LogP contribution in [-0.4, -0.2) is 38.0 Å². The van der Waals surface area contributed by atoms with Crippen molar-refractivity contribution >= 4 is 17.8 Å². The van der Waals surface area contributed by atoms with Crippen molar-refractivity contribution in [2.75, 3.05) is 11.2 Å². The number of carbonyl (C=O) groups is 2. The average Bonchev–Trinajstić information content (AvgIpc) is 2.32. The van der Waals surface area contributed by atoms with Crippen LogP contribution in [0.2, 0.25) is 0 Å². The molecule has 1 aromatic rings. The van der Waals surface area contributed by atoms with E-state index in [1.165, 1.54) is 5.32 Å². The number of carboxylic acid groups (broad SMARTS) is 1. The minimum Gasteiger partial charge on any atom is -0.481 e. The molecule has 1 amide bonds. The van der Waals surface area contributed by atoms with E-state index in [4.69, 9.17) is 10.9 Å². The number of nitrogen functional groups attached to an aromatic ring is 1. The highest BCUT2D eigenvalue weighted by molar-refractivity contribution is 5.93. The molecule has 4 N–H and O–H groups in total. The second-order valence-electron chi connectivity index (χ2n) is 3.49. The molecule has 0 bridgehead atoms.